The summed E-state index contributed by atoms with van der Waals surface area (Å²) < 4.78 is 22.5. The number of carbonyl (C=O) groups is 1. The first kappa shape index (κ1) is 21.7. The molecular formula is C22H23BrN2O5. The number of nitrogens with one attached hydrogen (secondary N) is 1. The lowest BCUT2D eigenvalue weighted by molar-refractivity contribution is 0.0991. The van der Waals surface area contributed by atoms with Crippen LogP contribution in [0.5, 0.6) is 23.5 Å². The molecule has 0 radical (unpaired) electrons. The van der Waals surface area contributed by atoms with Gasteiger partial charge in [0.15, 0.2) is 5.76 Å². The lowest BCUT2D eigenvalue weighted by Gasteiger charge is -2.20. The van der Waals surface area contributed by atoms with Crippen LogP contribution < -0.4 is 19.5 Å². The Morgan fingerprint density at radius 1 is 1.07 bits per heavy atom. The summed E-state index contributed by atoms with van der Waals surface area (Å²) in [5.41, 5.74) is 1.48. The number of furan rings is 1. The van der Waals surface area contributed by atoms with Crippen molar-refractivity contribution in [2.45, 2.75) is 26.2 Å². The summed E-state index contributed by atoms with van der Waals surface area (Å²) in [4.78, 5) is 16.7. The van der Waals surface area contributed by atoms with Crippen LogP contribution in [0.2, 0.25) is 0 Å². The third-order valence-corrected chi connectivity index (χ3v) is 4.95. The lowest BCUT2D eigenvalue weighted by atomic mass is 9.87. The van der Waals surface area contributed by atoms with E-state index >= 15 is 0 Å². The first-order chi connectivity index (χ1) is 14.2. The van der Waals surface area contributed by atoms with E-state index in [-0.39, 0.29) is 23.0 Å². The van der Waals surface area contributed by atoms with Crippen LogP contribution in [0.4, 0.5) is 5.69 Å². The molecule has 0 fully saturated rings. The predicted octanol–water partition coefficient (Wildman–Crippen LogP) is 5.80. The molecule has 0 aliphatic carbocycles. The van der Waals surface area contributed by atoms with E-state index in [4.69, 9.17) is 18.6 Å². The smallest absolute Gasteiger partial charge is 0.291 e. The van der Waals surface area contributed by atoms with Gasteiger partial charge < -0.3 is 23.9 Å². The Labute approximate surface area is 183 Å². The van der Waals surface area contributed by atoms with Gasteiger partial charge >= 0.3 is 0 Å². The number of carbonyl (C=O) groups excluding carboxylic acids is 1. The van der Waals surface area contributed by atoms with E-state index in [1.807, 2.05) is 18.2 Å². The fourth-order valence-corrected chi connectivity index (χ4v) is 2.95. The van der Waals surface area contributed by atoms with E-state index in [1.165, 1.54) is 20.3 Å². The molecule has 0 atom stereocenters. The molecule has 7 nitrogen and oxygen atoms in total. The van der Waals surface area contributed by atoms with E-state index in [1.54, 1.807) is 18.2 Å². The topological polar surface area (TPSA) is 82.8 Å². The van der Waals surface area contributed by atoms with Gasteiger partial charge in [-0.15, -0.1) is 0 Å². The highest BCUT2D eigenvalue weighted by Crippen LogP contribution is 2.35. The monoisotopic (exact) mass is 474 g/mol. The maximum atomic E-state index is 12.6. The minimum absolute atomic E-state index is 0.0293. The first-order valence-corrected chi connectivity index (χ1v) is 9.98. The molecule has 1 N–H and O–H groups in total. The van der Waals surface area contributed by atoms with Crippen LogP contribution in [0.3, 0.4) is 0 Å². The molecule has 0 spiro atoms. The van der Waals surface area contributed by atoms with Crippen molar-refractivity contribution in [1.29, 1.82) is 0 Å². The van der Waals surface area contributed by atoms with Crippen LogP contribution in [0.25, 0.3) is 0 Å². The van der Waals surface area contributed by atoms with Crippen LogP contribution in [0.15, 0.2) is 51.4 Å². The van der Waals surface area contributed by atoms with Crippen molar-refractivity contribution in [2.24, 2.45) is 0 Å². The normalized spacial score (nSPS) is 11.1. The molecule has 1 amide bonds. The van der Waals surface area contributed by atoms with E-state index in [0.29, 0.717) is 17.3 Å². The highest BCUT2D eigenvalue weighted by atomic mass is 79.9. The van der Waals surface area contributed by atoms with Crippen molar-refractivity contribution in [3.63, 3.8) is 0 Å². The van der Waals surface area contributed by atoms with Gasteiger partial charge in [0.25, 0.3) is 11.9 Å². The maximum Gasteiger partial charge on any atom is 0.291 e. The van der Waals surface area contributed by atoms with E-state index < -0.39 is 5.91 Å². The molecule has 0 saturated carbocycles. The summed E-state index contributed by atoms with van der Waals surface area (Å²) in [6.07, 6.45) is 0. The number of pyridine rings is 1. The second kappa shape index (κ2) is 8.79. The minimum atomic E-state index is -0.461. The number of amides is 1. The van der Waals surface area contributed by atoms with Crippen molar-refractivity contribution in [3.8, 4) is 23.5 Å². The standard InChI is InChI=1S/C22H23BrN2O5/c1-22(2,3)13-6-7-14(23)17(12-13)30-19-11-9-16(29-19)20(26)24-15-8-10-18(27-4)25-21(15)28-5/h6-12H,1-5H3,(H,24,26). The molecule has 2 aromatic heterocycles. The zero-order valence-corrected chi connectivity index (χ0v) is 19.0. The number of ether oxygens (including phenoxy) is 3. The highest BCUT2D eigenvalue weighted by Gasteiger charge is 2.19. The fourth-order valence-electron chi connectivity index (χ4n) is 2.63. The maximum absolute atomic E-state index is 12.6. The minimum Gasteiger partial charge on any atom is -0.481 e. The Bertz CT molecular complexity index is 1060. The molecule has 1 aromatic carbocycles. The summed E-state index contributed by atoms with van der Waals surface area (Å²) in [5, 5.41) is 2.71. The highest BCUT2D eigenvalue weighted by molar-refractivity contribution is 9.10. The Morgan fingerprint density at radius 3 is 2.50 bits per heavy atom. The van der Waals surface area contributed by atoms with E-state index in [2.05, 4.69) is 47.0 Å². The number of halogens is 1. The Morgan fingerprint density at radius 2 is 1.83 bits per heavy atom. The first-order valence-electron chi connectivity index (χ1n) is 9.19. The number of anilines is 1. The van der Waals surface area contributed by atoms with Crippen molar-refractivity contribution in [3.05, 3.63) is 58.3 Å². The third-order valence-electron chi connectivity index (χ3n) is 4.30. The molecule has 2 heterocycles. The summed E-state index contributed by atoms with van der Waals surface area (Å²) in [6, 6.07) is 12.3. The summed E-state index contributed by atoms with van der Waals surface area (Å²) in [5.74, 6) is 1.04. The number of benzene rings is 1. The second-order valence-electron chi connectivity index (χ2n) is 7.48. The van der Waals surface area contributed by atoms with Gasteiger partial charge in [0, 0.05) is 12.1 Å². The Hall–Kier alpha value is -3.00. The van der Waals surface area contributed by atoms with Gasteiger partial charge in [0.1, 0.15) is 11.4 Å². The quantitative estimate of drug-likeness (QED) is 0.486. The molecule has 3 rings (SSSR count). The van der Waals surface area contributed by atoms with Crippen molar-refractivity contribution < 1.29 is 23.4 Å². The zero-order chi connectivity index (χ0) is 21.9. The molecule has 0 aliphatic heterocycles. The van der Waals surface area contributed by atoms with Crippen LogP contribution in [0, 0.1) is 0 Å². The number of rotatable bonds is 6. The van der Waals surface area contributed by atoms with Crippen molar-refractivity contribution in [2.75, 3.05) is 19.5 Å². The molecule has 0 unspecified atom stereocenters. The molecule has 158 valence electrons. The van der Waals surface area contributed by atoms with Gasteiger partial charge in [-0.1, -0.05) is 26.8 Å². The largest absolute Gasteiger partial charge is 0.481 e. The molecule has 0 aliphatic rings. The van der Waals surface area contributed by atoms with Crippen LogP contribution in [-0.4, -0.2) is 25.1 Å². The van der Waals surface area contributed by atoms with Gasteiger partial charge in [0.2, 0.25) is 11.8 Å². The molecule has 0 bridgehead atoms. The molecule has 8 heteroatoms. The van der Waals surface area contributed by atoms with Crippen molar-refractivity contribution in [1.82, 2.24) is 4.98 Å². The SMILES string of the molecule is COc1ccc(NC(=O)c2ccc(Oc3cc(C(C)(C)C)ccc3Br)o2)c(OC)n1. The van der Waals surface area contributed by atoms with E-state index in [0.717, 1.165) is 10.0 Å². The van der Waals surface area contributed by atoms with Gasteiger partial charge in [-0.05, 0) is 51.2 Å². The van der Waals surface area contributed by atoms with Gasteiger partial charge in [-0.2, -0.15) is 4.98 Å². The molecule has 0 saturated heterocycles. The summed E-state index contributed by atoms with van der Waals surface area (Å²) >= 11 is 3.49. The zero-order valence-electron chi connectivity index (χ0n) is 17.4. The Kier molecular flexibility index (Phi) is 6.36. The lowest BCUT2D eigenvalue weighted by Crippen LogP contribution is -2.12. The fraction of sp³-hybridized carbons (Fsp3) is 0.273. The summed E-state index contributed by atoms with van der Waals surface area (Å²) in [6.45, 7) is 6.37. The van der Waals surface area contributed by atoms with Gasteiger partial charge in [-0.25, -0.2) is 0 Å². The summed E-state index contributed by atoms with van der Waals surface area (Å²) in [7, 11) is 2.96. The number of hydrogen-bond acceptors (Lipinski definition) is 6. The van der Waals surface area contributed by atoms with Gasteiger partial charge in [0.05, 0.1) is 18.7 Å². The number of hydrogen-bond donors (Lipinski definition) is 1. The number of methoxy groups -OCH3 is 2. The van der Waals surface area contributed by atoms with Crippen LogP contribution in [-0.2, 0) is 5.41 Å². The predicted molar refractivity (Wildman–Crippen MR) is 117 cm³/mol. The Balaban J connectivity index is 1.76. The van der Waals surface area contributed by atoms with E-state index in [9.17, 15) is 4.79 Å². The third kappa shape index (κ3) is 4.94. The van der Waals surface area contributed by atoms with Crippen LogP contribution >= 0.6 is 15.9 Å². The average molecular weight is 475 g/mol. The average Bonchev–Trinajstić information content (AvgIpc) is 3.17. The van der Waals surface area contributed by atoms with Crippen LogP contribution in [0.1, 0.15) is 36.9 Å². The number of nitrogens with zero attached hydrogens (tertiary/aromatic N) is 1. The molecular weight excluding hydrogens is 452 g/mol. The van der Waals surface area contributed by atoms with Crippen molar-refractivity contribution >= 4 is 27.5 Å². The second-order valence-corrected chi connectivity index (χ2v) is 8.33. The van der Waals surface area contributed by atoms with Gasteiger partial charge in [-0.3, -0.25) is 4.79 Å². The molecule has 30 heavy (non-hydrogen) atoms. The molecule has 3 aromatic rings. The number of aromatic nitrogens is 1.